The highest BCUT2D eigenvalue weighted by molar-refractivity contribution is 7.91. The van der Waals surface area contributed by atoms with E-state index in [9.17, 15) is 13.2 Å². The normalized spacial score (nSPS) is 23.3. The summed E-state index contributed by atoms with van der Waals surface area (Å²) < 4.78 is 35.4. The van der Waals surface area contributed by atoms with Gasteiger partial charge in [0.2, 0.25) is 5.91 Å². The van der Waals surface area contributed by atoms with E-state index in [0.717, 1.165) is 17.7 Å². The fraction of sp³-hybridized carbons (Fsp3) is 0.409. The average molecular weight is 431 g/mol. The first-order chi connectivity index (χ1) is 14.4. The maximum atomic E-state index is 13.1. The second kappa shape index (κ2) is 8.28. The lowest BCUT2D eigenvalue weighted by molar-refractivity contribution is -0.123. The van der Waals surface area contributed by atoms with Gasteiger partial charge in [-0.25, -0.2) is 8.42 Å². The molecule has 0 unspecified atom stereocenters. The molecule has 0 saturated carbocycles. The number of amides is 1. The fourth-order valence-corrected chi connectivity index (χ4v) is 6.36. The van der Waals surface area contributed by atoms with Crippen LogP contribution in [-0.2, 0) is 21.1 Å². The van der Waals surface area contributed by atoms with E-state index in [1.807, 2.05) is 41.3 Å². The number of carbonyl (C=O) groups excluding carboxylic acids is 1. The first-order valence-electron chi connectivity index (χ1n) is 9.94. The molecule has 4 rings (SSSR count). The summed E-state index contributed by atoms with van der Waals surface area (Å²) in [7, 11) is 0.000489. The third kappa shape index (κ3) is 4.15. The Labute approximate surface area is 177 Å². The third-order valence-electron chi connectivity index (χ3n) is 5.87. The van der Waals surface area contributed by atoms with E-state index in [-0.39, 0.29) is 36.0 Å². The summed E-state index contributed by atoms with van der Waals surface area (Å²) in [6, 6.07) is 14.4. The molecule has 2 aliphatic heterocycles. The van der Waals surface area contributed by atoms with Crippen molar-refractivity contribution in [1.82, 2.24) is 4.90 Å². The Balaban J connectivity index is 1.56. The average Bonchev–Trinajstić information content (AvgIpc) is 3.07. The Hall–Kier alpha value is -2.58. The smallest absolute Gasteiger partial charge is 0.241 e. The predicted octanol–water partition coefficient (Wildman–Crippen LogP) is 1.76. The van der Waals surface area contributed by atoms with Gasteiger partial charge in [-0.1, -0.05) is 12.1 Å². The second-order valence-electron chi connectivity index (χ2n) is 7.75. The van der Waals surface area contributed by atoms with Crippen LogP contribution < -0.4 is 14.4 Å². The summed E-state index contributed by atoms with van der Waals surface area (Å²) in [5, 5.41) is 0. The molecule has 2 aliphatic rings. The highest BCUT2D eigenvalue weighted by Gasteiger charge is 2.49. The molecule has 8 heteroatoms. The number of hydrogen-bond donors (Lipinski definition) is 0. The molecule has 0 aromatic heterocycles. The molecule has 160 valence electrons. The van der Waals surface area contributed by atoms with Crippen molar-refractivity contribution in [1.29, 1.82) is 0 Å². The summed E-state index contributed by atoms with van der Waals surface area (Å²) in [5.74, 6) is 1.47. The molecule has 7 nitrogen and oxygen atoms in total. The van der Waals surface area contributed by atoms with Crippen molar-refractivity contribution in [3.05, 3.63) is 54.1 Å². The summed E-state index contributed by atoms with van der Waals surface area (Å²) in [5.41, 5.74) is 1.80. The number of rotatable bonds is 6. The molecule has 2 heterocycles. The molecule has 30 heavy (non-hydrogen) atoms. The highest BCUT2D eigenvalue weighted by atomic mass is 32.2. The zero-order valence-electron chi connectivity index (χ0n) is 17.2. The molecule has 0 bridgehead atoms. The van der Waals surface area contributed by atoms with Crippen molar-refractivity contribution in [3.63, 3.8) is 0 Å². The highest BCUT2D eigenvalue weighted by Crippen LogP contribution is 2.32. The van der Waals surface area contributed by atoms with Crippen LogP contribution in [0, 0.1) is 0 Å². The molecule has 2 fully saturated rings. The van der Waals surface area contributed by atoms with Gasteiger partial charge in [0.1, 0.15) is 11.5 Å². The van der Waals surface area contributed by atoms with Gasteiger partial charge in [-0.05, 0) is 48.4 Å². The molecular formula is C22H26N2O5S. The summed E-state index contributed by atoms with van der Waals surface area (Å²) in [4.78, 5) is 16.8. The van der Waals surface area contributed by atoms with E-state index >= 15 is 0 Å². The Morgan fingerprint density at radius 1 is 0.967 bits per heavy atom. The Kier molecular flexibility index (Phi) is 5.71. The van der Waals surface area contributed by atoms with Gasteiger partial charge in [-0.2, -0.15) is 0 Å². The van der Waals surface area contributed by atoms with Gasteiger partial charge in [0.05, 0.1) is 38.3 Å². The molecule has 2 atom stereocenters. The minimum atomic E-state index is -3.21. The number of hydrogen-bond acceptors (Lipinski definition) is 6. The first kappa shape index (κ1) is 20.7. The van der Waals surface area contributed by atoms with Gasteiger partial charge < -0.3 is 14.4 Å². The summed E-state index contributed by atoms with van der Waals surface area (Å²) >= 11 is 0. The van der Waals surface area contributed by atoms with Crippen molar-refractivity contribution >= 4 is 21.4 Å². The van der Waals surface area contributed by atoms with E-state index in [1.165, 1.54) is 0 Å². The van der Waals surface area contributed by atoms with Crippen LogP contribution in [0.2, 0.25) is 0 Å². The molecule has 2 saturated heterocycles. The Morgan fingerprint density at radius 2 is 1.67 bits per heavy atom. The van der Waals surface area contributed by atoms with Crippen molar-refractivity contribution in [2.45, 2.75) is 18.5 Å². The molecule has 2 aromatic carbocycles. The number of carbonyl (C=O) groups is 1. The van der Waals surface area contributed by atoms with E-state index in [4.69, 9.17) is 9.47 Å². The number of benzene rings is 2. The van der Waals surface area contributed by atoms with Crippen LogP contribution in [-0.4, -0.2) is 70.1 Å². The second-order valence-corrected chi connectivity index (χ2v) is 9.90. The topological polar surface area (TPSA) is 76.2 Å². The van der Waals surface area contributed by atoms with E-state index in [1.54, 1.807) is 31.3 Å². The molecule has 0 spiro atoms. The number of anilines is 1. The van der Waals surface area contributed by atoms with Crippen LogP contribution in [0.4, 0.5) is 5.69 Å². The van der Waals surface area contributed by atoms with Crippen molar-refractivity contribution in [3.8, 4) is 11.5 Å². The number of piperazine rings is 1. The van der Waals surface area contributed by atoms with Crippen molar-refractivity contribution < 1.29 is 22.7 Å². The third-order valence-corrected chi connectivity index (χ3v) is 7.57. The predicted molar refractivity (Wildman–Crippen MR) is 115 cm³/mol. The zero-order chi connectivity index (χ0) is 21.3. The Bertz CT molecular complexity index is 1020. The van der Waals surface area contributed by atoms with Crippen LogP contribution in [0.1, 0.15) is 5.56 Å². The largest absolute Gasteiger partial charge is 0.497 e. The maximum Gasteiger partial charge on any atom is 0.241 e. The van der Waals surface area contributed by atoms with E-state index < -0.39 is 9.84 Å². The lowest BCUT2D eigenvalue weighted by Gasteiger charge is -2.43. The monoisotopic (exact) mass is 430 g/mol. The molecular weight excluding hydrogens is 404 g/mol. The minimum absolute atomic E-state index is 0.00883. The van der Waals surface area contributed by atoms with Gasteiger partial charge in [0, 0.05) is 18.3 Å². The maximum absolute atomic E-state index is 13.1. The van der Waals surface area contributed by atoms with E-state index in [2.05, 4.69) is 0 Å². The van der Waals surface area contributed by atoms with Crippen LogP contribution in [0.25, 0.3) is 0 Å². The number of nitrogens with zero attached hydrogens (tertiary/aromatic N) is 2. The van der Waals surface area contributed by atoms with Gasteiger partial charge in [-0.3, -0.25) is 9.69 Å². The number of methoxy groups -OCH3 is 2. The van der Waals surface area contributed by atoms with Gasteiger partial charge in [-0.15, -0.1) is 0 Å². The van der Waals surface area contributed by atoms with Crippen molar-refractivity contribution in [2.24, 2.45) is 0 Å². The molecule has 2 aromatic rings. The van der Waals surface area contributed by atoms with Crippen LogP contribution in [0.5, 0.6) is 11.5 Å². The van der Waals surface area contributed by atoms with Gasteiger partial charge in [0.15, 0.2) is 9.84 Å². The fourth-order valence-electron chi connectivity index (χ4n) is 4.38. The van der Waals surface area contributed by atoms with Crippen molar-refractivity contribution in [2.75, 3.05) is 43.7 Å². The Morgan fingerprint density at radius 3 is 2.37 bits per heavy atom. The van der Waals surface area contributed by atoms with E-state index in [0.29, 0.717) is 18.0 Å². The lowest BCUT2D eigenvalue weighted by Crippen LogP contribution is -2.62. The number of ether oxygens (including phenoxy) is 2. The van der Waals surface area contributed by atoms with Gasteiger partial charge in [0.25, 0.3) is 0 Å². The molecule has 1 amide bonds. The lowest BCUT2D eigenvalue weighted by atomic mass is 10.0. The zero-order valence-corrected chi connectivity index (χ0v) is 18.0. The standard InChI is InChI=1S/C22H26N2O5S/c1-28-18-8-6-17(7-9-18)24-21-15-30(26,27)14-20(21)23(13-22(24)25)11-10-16-4-3-5-19(12-16)29-2/h3-9,12,20-21H,10-11,13-15H2,1-2H3/t20-,21-/m0/s1. The SMILES string of the molecule is COc1ccc(N2C(=O)CN(CCc3cccc(OC)c3)[C@H]3CS(=O)(=O)C[C@@H]32)cc1. The van der Waals surface area contributed by atoms with Crippen LogP contribution in [0.15, 0.2) is 48.5 Å². The summed E-state index contributed by atoms with van der Waals surface area (Å²) in [6.07, 6.45) is 0.719. The summed E-state index contributed by atoms with van der Waals surface area (Å²) in [6.45, 7) is 0.818. The minimum Gasteiger partial charge on any atom is -0.497 e. The molecule has 0 radical (unpaired) electrons. The van der Waals surface area contributed by atoms with Crippen LogP contribution in [0.3, 0.4) is 0 Å². The quantitative estimate of drug-likeness (QED) is 0.695. The molecule has 0 aliphatic carbocycles. The van der Waals surface area contributed by atoms with Crippen LogP contribution >= 0.6 is 0 Å². The van der Waals surface area contributed by atoms with Gasteiger partial charge >= 0.3 is 0 Å². The number of sulfone groups is 1. The first-order valence-corrected chi connectivity index (χ1v) is 11.8. The number of fused-ring (bicyclic) bond motifs is 1. The molecule has 0 N–H and O–H groups in total.